The van der Waals surface area contributed by atoms with E-state index in [1.54, 1.807) is 6.20 Å². The van der Waals surface area contributed by atoms with Crippen molar-refractivity contribution in [2.75, 3.05) is 0 Å². The van der Waals surface area contributed by atoms with Crippen LogP contribution in [0.5, 0.6) is 0 Å². The zero-order valence-corrected chi connectivity index (χ0v) is 15.0. The van der Waals surface area contributed by atoms with E-state index >= 15 is 0 Å². The highest BCUT2D eigenvalue weighted by Gasteiger charge is 2.18. The lowest BCUT2D eigenvalue weighted by molar-refractivity contribution is 0.876. The first kappa shape index (κ1) is 15.6. The van der Waals surface area contributed by atoms with Gasteiger partial charge in [0.15, 0.2) is 5.65 Å². The number of imidazole rings is 1. The quantitative estimate of drug-likeness (QED) is 0.526. The molecule has 6 heteroatoms. The number of nitrogens with one attached hydrogen (secondary N) is 1. The molecule has 0 aliphatic rings. The van der Waals surface area contributed by atoms with Crippen molar-refractivity contribution in [3.8, 4) is 22.3 Å². The lowest BCUT2D eigenvalue weighted by Crippen LogP contribution is -2.19. The predicted octanol–water partition coefficient (Wildman–Crippen LogP) is 3.62. The molecule has 5 aromatic rings. The van der Waals surface area contributed by atoms with Gasteiger partial charge in [0, 0.05) is 35.4 Å². The molecule has 0 spiro atoms. The highest BCUT2D eigenvalue weighted by atomic mass is 16.1. The van der Waals surface area contributed by atoms with Crippen LogP contribution in [0.15, 0.2) is 65.8 Å². The Morgan fingerprint density at radius 1 is 0.963 bits per heavy atom. The second kappa shape index (κ2) is 5.67. The van der Waals surface area contributed by atoms with Gasteiger partial charge in [0.1, 0.15) is 5.65 Å². The lowest BCUT2D eigenvalue weighted by atomic mass is 10.1. The number of aromatic amines is 1. The predicted molar refractivity (Wildman–Crippen MR) is 105 cm³/mol. The van der Waals surface area contributed by atoms with Gasteiger partial charge in [-0.05, 0) is 31.5 Å². The summed E-state index contributed by atoms with van der Waals surface area (Å²) in [7, 11) is 0. The summed E-state index contributed by atoms with van der Waals surface area (Å²) in [6, 6.07) is 13.8. The Balaban J connectivity index is 1.80. The van der Waals surface area contributed by atoms with E-state index in [0.717, 1.165) is 28.0 Å². The molecule has 1 N–H and O–H groups in total. The van der Waals surface area contributed by atoms with Crippen molar-refractivity contribution < 1.29 is 0 Å². The van der Waals surface area contributed by atoms with E-state index in [-0.39, 0.29) is 5.56 Å². The van der Waals surface area contributed by atoms with E-state index in [9.17, 15) is 4.79 Å². The summed E-state index contributed by atoms with van der Waals surface area (Å²) in [6.07, 6.45) is 5.51. The zero-order chi connectivity index (χ0) is 18.5. The van der Waals surface area contributed by atoms with Crippen molar-refractivity contribution >= 4 is 11.3 Å². The number of hydrogen-bond acceptors (Lipinski definition) is 3. The van der Waals surface area contributed by atoms with Gasteiger partial charge in [0.05, 0.1) is 11.3 Å². The summed E-state index contributed by atoms with van der Waals surface area (Å²) in [5.41, 5.74) is 6.38. The first-order chi connectivity index (χ1) is 13.1. The van der Waals surface area contributed by atoms with Crippen LogP contribution < -0.4 is 5.56 Å². The van der Waals surface area contributed by atoms with E-state index in [1.165, 1.54) is 4.52 Å². The fourth-order valence-corrected chi connectivity index (χ4v) is 3.64. The Hall–Kier alpha value is -3.67. The maximum absolute atomic E-state index is 13.3. The van der Waals surface area contributed by atoms with Crippen LogP contribution in [-0.2, 0) is 0 Å². The normalized spacial score (nSPS) is 11.5. The molecular formula is C21H17N5O. The van der Waals surface area contributed by atoms with Crippen molar-refractivity contribution in [1.82, 2.24) is 24.0 Å². The average molecular weight is 355 g/mol. The number of aryl methyl sites for hydroxylation is 2. The minimum Gasteiger partial charge on any atom is -0.306 e. The molecule has 4 heterocycles. The number of pyridine rings is 1. The smallest absolute Gasteiger partial charge is 0.280 e. The third-order valence-electron chi connectivity index (χ3n) is 4.88. The van der Waals surface area contributed by atoms with Crippen LogP contribution in [0.2, 0.25) is 0 Å². The van der Waals surface area contributed by atoms with Crippen LogP contribution in [0.25, 0.3) is 33.5 Å². The minimum absolute atomic E-state index is 0.109. The van der Waals surface area contributed by atoms with Crippen molar-refractivity contribution in [1.29, 1.82) is 0 Å². The van der Waals surface area contributed by atoms with Gasteiger partial charge in [-0.25, -0.2) is 14.5 Å². The zero-order valence-electron chi connectivity index (χ0n) is 15.0. The molecule has 0 amide bonds. The van der Waals surface area contributed by atoms with Gasteiger partial charge in [-0.3, -0.25) is 9.89 Å². The SMILES string of the molecule is Cc1nc2c(-c3ccccc3)c(C)[nH]n2c(=O)c1-c1ccc2nccn2c1. The molecule has 0 bridgehead atoms. The largest absolute Gasteiger partial charge is 0.306 e. The molecule has 0 unspecified atom stereocenters. The molecule has 0 atom stereocenters. The highest BCUT2D eigenvalue weighted by Crippen LogP contribution is 2.28. The Labute approximate surface area is 154 Å². The van der Waals surface area contributed by atoms with E-state index in [4.69, 9.17) is 4.98 Å². The number of hydrogen-bond donors (Lipinski definition) is 1. The van der Waals surface area contributed by atoms with E-state index in [0.29, 0.717) is 16.9 Å². The van der Waals surface area contributed by atoms with Crippen LogP contribution >= 0.6 is 0 Å². The first-order valence-corrected chi connectivity index (χ1v) is 8.74. The summed E-state index contributed by atoms with van der Waals surface area (Å²) >= 11 is 0. The number of nitrogens with zero attached hydrogens (tertiary/aromatic N) is 4. The monoisotopic (exact) mass is 355 g/mol. The topological polar surface area (TPSA) is 67.5 Å². The number of rotatable bonds is 2. The standard InChI is InChI=1S/C21H17N5O/c1-13-19(16-8-9-17-22-10-11-25(17)12-16)21(27)26-20(23-13)18(14(2)24-26)15-6-4-3-5-7-15/h3-12,24H,1-2H3. The molecule has 6 nitrogen and oxygen atoms in total. The van der Waals surface area contributed by atoms with E-state index in [2.05, 4.69) is 10.1 Å². The summed E-state index contributed by atoms with van der Waals surface area (Å²) in [5, 5.41) is 3.19. The van der Waals surface area contributed by atoms with Crippen molar-refractivity contribution in [2.45, 2.75) is 13.8 Å². The molecule has 0 saturated carbocycles. The number of aromatic nitrogens is 5. The number of benzene rings is 1. The Bertz CT molecular complexity index is 1360. The second-order valence-corrected chi connectivity index (χ2v) is 6.62. The number of fused-ring (bicyclic) bond motifs is 2. The summed E-state index contributed by atoms with van der Waals surface area (Å²) in [4.78, 5) is 22.3. The van der Waals surface area contributed by atoms with E-state index in [1.807, 2.05) is 73.1 Å². The molecule has 5 rings (SSSR count). The maximum atomic E-state index is 13.3. The molecular weight excluding hydrogens is 338 g/mol. The maximum Gasteiger partial charge on any atom is 0.280 e. The molecule has 0 saturated heterocycles. The van der Waals surface area contributed by atoms with Gasteiger partial charge in [0.25, 0.3) is 5.56 Å². The Morgan fingerprint density at radius 3 is 2.59 bits per heavy atom. The summed E-state index contributed by atoms with van der Waals surface area (Å²) in [5.74, 6) is 0. The first-order valence-electron chi connectivity index (χ1n) is 8.74. The van der Waals surface area contributed by atoms with Crippen LogP contribution in [-0.4, -0.2) is 24.0 Å². The van der Waals surface area contributed by atoms with Crippen molar-refractivity contribution in [3.63, 3.8) is 0 Å². The van der Waals surface area contributed by atoms with Gasteiger partial charge in [-0.15, -0.1) is 0 Å². The number of H-pyrrole nitrogens is 1. The Kier molecular flexibility index (Phi) is 3.27. The Morgan fingerprint density at radius 2 is 1.78 bits per heavy atom. The van der Waals surface area contributed by atoms with Gasteiger partial charge in [-0.2, -0.15) is 0 Å². The third kappa shape index (κ3) is 2.30. The average Bonchev–Trinajstić information content (AvgIpc) is 3.26. The molecule has 1 aromatic carbocycles. The van der Waals surface area contributed by atoms with Gasteiger partial charge < -0.3 is 4.40 Å². The molecule has 0 aliphatic heterocycles. The minimum atomic E-state index is -0.109. The third-order valence-corrected chi connectivity index (χ3v) is 4.88. The van der Waals surface area contributed by atoms with Gasteiger partial charge in [-0.1, -0.05) is 30.3 Å². The summed E-state index contributed by atoms with van der Waals surface area (Å²) < 4.78 is 3.44. The highest BCUT2D eigenvalue weighted by molar-refractivity contribution is 5.81. The summed E-state index contributed by atoms with van der Waals surface area (Å²) in [6.45, 7) is 3.84. The van der Waals surface area contributed by atoms with Crippen LogP contribution in [0, 0.1) is 13.8 Å². The molecule has 0 fully saturated rings. The van der Waals surface area contributed by atoms with Crippen molar-refractivity contribution in [2.24, 2.45) is 0 Å². The van der Waals surface area contributed by atoms with E-state index < -0.39 is 0 Å². The molecule has 0 radical (unpaired) electrons. The molecule has 4 aromatic heterocycles. The molecule has 0 aliphatic carbocycles. The second-order valence-electron chi connectivity index (χ2n) is 6.62. The fraction of sp³-hybridized carbons (Fsp3) is 0.0952. The fourth-order valence-electron chi connectivity index (χ4n) is 3.64. The molecule has 27 heavy (non-hydrogen) atoms. The lowest BCUT2D eigenvalue weighted by Gasteiger charge is -2.07. The van der Waals surface area contributed by atoms with Crippen LogP contribution in [0.4, 0.5) is 0 Å². The van der Waals surface area contributed by atoms with Crippen LogP contribution in [0.3, 0.4) is 0 Å². The van der Waals surface area contributed by atoms with Crippen LogP contribution in [0.1, 0.15) is 11.4 Å². The van der Waals surface area contributed by atoms with Gasteiger partial charge in [0.2, 0.25) is 0 Å². The van der Waals surface area contributed by atoms with Gasteiger partial charge >= 0.3 is 0 Å². The molecule has 132 valence electrons. The van der Waals surface area contributed by atoms with Crippen molar-refractivity contribution in [3.05, 3.63) is 82.8 Å².